The highest BCUT2D eigenvalue weighted by atomic mass is 16.6. The number of hydrogen-bond donors (Lipinski definition) is 1. The van der Waals surface area contributed by atoms with Crippen LogP contribution in [0.2, 0.25) is 0 Å². The van der Waals surface area contributed by atoms with Crippen molar-refractivity contribution in [3.63, 3.8) is 0 Å². The summed E-state index contributed by atoms with van der Waals surface area (Å²) in [6.45, 7) is 1.74. The summed E-state index contributed by atoms with van der Waals surface area (Å²) in [5, 5.41) is 21.8. The van der Waals surface area contributed by atoms with E-state index in [1.807, 2.05) is 6.92 Å². The van der Waals surface area contributed by atoms with E-state index in [0.29, 0.717) is 35.7 Å². The minimum atomic E-state index is -0.827. The Morgan fingerprint density at radius 2 is 1.83 bits per heavy atom. The van der Waals surface area contributed by atoms with Crippen LogP contribution in [0.15, 0.2) is 36.4 Å². The highest BCUT2D eigenvalue weighted by Gasteiger charge is 2.73. The number of aliphatic hydroxyl groups is 1. The fourth-order valence-electron chi connectivity index (χ4n) is 5.66. The molecular weight excluding hydrogens is 376 g/mol. The van der Waals surface area contributed by atoms with Crippen LogP contribution in [0.1, 0.15) is 26.2 Å². The van der Waals surface area contributed by atoms with Gasteiger partial charge in [0.05, 0.1) is 39.0 Å². The van der Waals surface area contributed by atoms with Gasteiger partial charge < -0.3 is 9.84 Å². The largest absolute Gasteiger partial charge is 0.396 e. The van der Waals surface area contributed by atoms with Gasteiger partial charge in [0.1, 0.15) is 0 Å². The molecule has 3 fully saturated rings. The molecule has 2 amide bonds. The highest BCUT2D eigenvalue weighted by Crippen LogP contribution is 2.62. The molecule has 2 bridgehead atoms. The Labute approximate surface area is 166 Å². The summed E-state index contributed by atoms with van der Waals surface area (Å²) >= 11 is 0. The number of hydrogen-bond acceptors (Lipinski definition) is 6. The van der Waals surface area contributed by atoms with Gasteiger partial charge in [0, 0.05) is 24.5 Å². The minimum absolute atomic E-state index is 0.0734. The van der Waals surface area contributed by atoms with Crippen molar-refractivity contribution < 1.29 is 24.4 Å². The van der Waals surface area contributed by atoms with Crippen molar-refractivity contribution in [2.75, 3.05) is 11.5 Å². The number of fused-ring (bicyclic) bond motifs is 6. The maximum absolute atomic E-state index is 13.5. The zero-order valence-corrected chi connectivity index (χ0v) is 15.8. The maximum Gasteiger partial charge on any atom is 0.277 e. The Hall–Kier alpha value is -2.84. The van der Waals surface area contributed by atoms with Gasteiger partial charge in [-0.05, 0) is 31.9 Å². The number of carbonyl (C=O) groups is 2. The number of carbonyl (C=O) groups excluding carboxylic acids is 2. The first kappa shape index (κ1) is 18.2. The average Bonchev–Trinajstić information content (AvgIpc) is 3.26. The van der Waals surface area contributed by atoms with Gasteiger partial charge in [-0.1, -0.05) is 18.2 Å². The fourth-order valence-corrected chi connectivity index (χ4v) is 5.66. The Bertz CT molecular complexity index is 1080. The monoisotopic (exact) mass is 396 g/mol. The van der Waals surface area contributed by atoms with Crippen molar-refractivity contribution >= 4 is 34.0 Å². The molecule has 3 aliphatic heterocycles. The fraction of sp³-hybridized carbons (Fsp3) is 0.429. The standard InChI is InChI=1S/C21H20N2O6/c1-20-8-9-21(29-20,10-11-24)17-16(20)18(25)22(19(17)26)14-6-7-15(23(27)28)13-5-3-2-4-12(13)14/h2-7,16-17,24H,8-11H2,1H3/t16-,17+,20-,21-/m1/s1. The third-order valence-electron chi connectivity index (χ3n) is 6.86. The molecule has 0 aliphatic carbocycles. The number of nitro groups is 1. The summed E-state index contributed by atoms with van der Waals surface area (Å²) in [5.74, 6) is -1.93. The van der Waals surface area contributed by atoms with Gasteiger partial charge in [0.15, 0.2) is 0 Å². The van der Waals surface area contributed by atoms with Crippen LogP contribution in [0.5, 0.6) is 0 Å². The molecule has 4 atom stereocenters. The number of amides is 2. The molecule has 8 nitrogen and oxygen atoms in total. The first-order chi connectivity index (χ1) is 13.8. The van der Waals surface area contributed by atoms with Crippen LogP contribution < -0.4 is 4.90 Å². The lowest BCUT2D eigenvalue weighted by Crippen LogP contribution is -2.42. The summed E-state index contributed by atoms with van der Waals surface area (Å²) in [7, 11) is 0. The normalized spacial score (nSPS) is 33.0. The van der Waals surface area contributed by atoms with Crippen molar-refractivity contribution in [1.29, 1.82) is 0 Å². The zero-order chi connectivity index (χ0) is 20.6. The number of nitro benzene ring substituents is 1. The molecule has 3 heterocycles. The quantitative estimate of drug-likeness (QED) is 0.483. The lowest BCUT2D eigenvalue weighted by Gasteiger charge is -2.30. The second-order valence-electron chi connectivity index (χ2n) is 8.33. The number of anilines is 1. The number of rotatable bonds is 4. The lowest BCUT2D eigenvalue weighted by atomic mass is 9.67. The van der Waals surface area contributed by atoms with Crippen LogP contribution in [-0.4, -0.2) is 39.7 Å². The van der Waals surface area contributed by atoms with Crippen molar-refractivity contribution in [3.8, 4) is 0 Å². The van der Waals surface area contributed by atoms with Gasteiger partial charge in [-0.3, -0.25) is 19.7 Å². The molecule has 5 rings (SSSR count). The highest BCUT2D eigenvalue weighted by molar-refractivity contribution is 6.26. The summed E-state index contributed by atoms with van der Waals surface area (Å²) < 4.78 is 6.20. The molecular formula is C21H20N2O6. The van der Waals surface area contributed by atoms with Crippen LogP contribution in [-0.2, 0) is 14.3 Å². The summed E-state index contributed by atoms with van der Waals surface area (Å²) in [6, 6.07) is 9.52. The molecule has 1 N–H and O–H groups in total. The van der Waals surface area contributed by atoms with Crippen molar-refractivity contribution in [2.24, 2.45) is 11.8 Å². The summed E-state index contributed by atoms with van der Waals surface area (Å²) in [5.41, 5.74) is -1.28. The Balaban J connectivity index is 1.66. The van der Waals surface area contributed by atoms with Gasteiger partial charge >= 0.3 is 0 Å². The number of benzene rings is 2. The molecule has 3 saturated heterocycles. The average molecular weight is 396 g/mol. The van der Waals surface area contributed by atoms with Gasteiger partial charge in [-0.25, -0.2) is 4.90 Å². The van der Waals surface area contributed by atoms with E-state index in [1.54, 1.807) is 24.3 Å². The molecule has 0 saturated carbocycles. The number of nitrogens with zero attached hydrogens (tertiary/aromatic N) is 2. The van der Waals surface area contributed by atoms with E-state index < -0.39 is 28.0 Å². The first-order valence-corrected chi connectivity index (χ1v) is 9.68. The Kier molecular flexibility index (Phi) is 3.66. The van der Waals surface area contributed by atoms with Crippen LogP contribution in [0.3, 0.4) is 0 Å². The molecule has 0 aromatic heterocycles. The SMILES string of the molecule is C[C@]12CC[C@](CCO)(O1)[C@@H]1C(=O)N(c3ccc([N+](=O)[O-])c4ccccc34)C(=O)[C@@H]12. The topological polar surface area (TPSA) is 110 Å². The van der Waals surface area contributed by atoms with Crippen molar-refractivity contribution in [1.82, 2.24) is 0 Å². The van der Waals surface area contributed by atoms with Gasteiger partial charge in [0.2, 0.25) is 11.8 Å². The van der Waals surface area contributed by atoms with Crippen LogP contribution >= 0.6 is 0 Å². The van der Waals surface area contributed by atoms with Crippen molar-refractivity contribution in [3.05, 3.63) is 46.5 Å². The van der Waals surface area contributed by atoms with Gasteiger partial charge in [-0.15, -0.1) is 0 Å². The molecule has 2 aromatic rings. The van der Waals surface area contributed by atoms with Crippen LogP contribution in [0.4, 0.5) is 11.4 Å². The predicted octanol–water partition coefficient (Wildman–Crippen LogP) is 2.56. The van der Waals surface area contributed by atoms with Crippen LogP contribution in [0.25, 0.3) is 10.8 Å². The van der Waals surface area contributed by atoms with E-state index in [-0.39, 0.29) is 24.1 Å². The number of aliphatic hydroxyl groups excluding tert-OH is 1. The molecule has 0 radical (unpaired) electrons. The van der Waals surface area contributed by atoms with Crippen molar-refractivity contribution in [2.45, 2.75) is 37.4 Å². The summed E-state index contributed by atoms with van der Waals surface area (Å²) in [4.78, 5) is 39.0. The molecule has 0 spiro atoms. The third kappa shape index (κ3) is 2.21. The second-order valence-corrected chi connectivity index (χ2v) is 8.33. The van der Waals surface area contributed by atoms with E-state index in [1.165, 1.54) is 17.0 Å². The van der Waals surface area contributed by atoms with Gasteiger partial charge in [0.25, 0.3) is 5.69 Å². The van der Waals surface area contributed by atoms with E-state index in [9.17, 15) is 24.8 Å². The summed E-state index contributed by atoms with van der Waals surface area (Å²) in [6.07, 6.45) is 1.58. The Morgan fingerprint density at radius 3 is 2.52 bits per heavy atom. The van der Waals surface area contributed by atoms with E-state index >= 15 is 0 Å². The lowest BCUT2D eigenvalue weighted by molar-refractivity contribution is -0.383. The number of imide groups is 1. The molecule has 150 valence electrons. The Morgan fingerprint density at radius 1 is 1.14 bits per heavy atom. The predicted molar refractivity (Wildman–Crippen MR) is 103 cm³/mol. The first-order valence-electron chi connectivity index (χ1n) is 9.68. The molecule has 0 unspecified atom stereocenters. The van der Waals surface area contributed by atoms with E-state index in [2.05, 4.69) is 0 Å². The molecule has 2 aromatic carbocycles. The second kappa shape index (κ2) is 5.84. The minimum Gasteiger partial charge on any atom is -0.396 e. The van der Waals surface area contributed by atoms with E-state index in [0.717, 1.165) is 0 Å². The molecule has 8 heteroatoms. The molecule has 3 aliphatic rings. The maximum atomic E-state index is 13.5. The number of ether oxygens (including phenoxy) is 1. The van der Waals surface area contributed by atoms with Crippen LogP contribution in [0, 0.1) is 22.0 Å². The molecule has 29 heavy (non-hydrogen) atoms. The van der Waals surface area contributed by atoms with E-state index in [4.69, 9.17) is 4.74 Å². The zero-order valence-electron chi connectivity index (χ0n) is 15.8. The third-order valence-corrected chi connectivity index (χ3v) is 6.86. The van der Waals surface area contributed by atoms with Gasteiger partial charge in [-0.2, -0.15) is 0 Å². The number of non-ortho nitro benzene ring substituents is 1. The smallest absolute Gasteiger partial charge is 0.277 e.